The minimum atomic E-state index is -4.52. The van der Waals surface area contributed by atoms with E-state index in [1.165, 1.54) is 17.1 Å². The molecule has 2 aromatic heterocycles. The molecule has 0 aliphatic rings. The maximum Gasteiger partial charge on any atom is 0.425 e. The predicted octanol–water partition coefficient (Wildman–Crippen LogP) is 2.04. The highest BCUT2D eigenvalue weighted by Crippen LogP contribution is 2.23. The smallest absolute Gasteiger partial charge is 0.425 e. The van der Waals surface area contributed by atoms with Gasteiger partial charge in [-0.1, -0.05) is 0 Å². The Hall–Kier alpha value is -1.90. The van der Waals surface area contributed by atoms with Gasteiger partial charge in [0.05, 0.1) is 0 Å². The van der Waals surface area contributed by atoms with E-state index in [1.54, 1.807) is 6.07 Å². The van der Waals surface area contributed by atoms with Gasteiger partial charge < -0.3 is 4.74 Å². The first kappa shape index (κ1) is 13.5. The van der Waals surface area contributed by atoms with Crippen molar-refractivity contribution in [3.05, 3.63) is 23.7 Å². The summed E-state index contributed by atoms with van der Waals surface area (Å²) < 4.78 is 42.9. The minimum Gasteiger partial charge on any atom is -0.451 e. The number of hydrogen-bond donors (Lipinski definition) is 0. The fraction of sp³-hybridized carbons (Fsp3) is 0.333. The Balaban J connectivity index is 2.28. The second-order valence-electron chi connectivity index (χ2n) is 3.44. The van der Waals surface area contributed by atoms with Crippen LogP contribution < -0.4 is 4.74 Å². The lowest BCUT2D eigenvalue weighted by Gasteiger charge is -2.16. The second-order valence-corrected chi connectivity index (χ2v) is 3.78. The van der Waals surface area contributed by atoms with Crippen molar-refractivity contribution in [1.29, 1.82) is 0 Å². The SMILES string of the molecule is CC(Oc1nc(Cl)nc(-n2cccn2)n1)C(F)(F)F. The van der Waals surface area contributed by atoms with Crippen LogP contribution in [0.5, 0.6) is 6.01 Å². The number of hydrogen-bond acceptors (Lipinski definition) is 5. The lowest BCUT2D eigenvalue weighted by Crippen LogP contribution is -2.32. The van der Waals surface area contributed by atoms with Crippen LogP contribution in [-0.2, 0) is 0 Å². The van der Waals surface area contributed by atoms with Crippen molar-refractivity contribution in [2.45, 2.75) is 19.2 Å². The molecule has 0 bridgehead atoms. The molecule has 0 spiro atoms. The number of rotatable bonds is 3. The van der Waals surface area contributed by atoms with Crippen molar-refractivity contribution in [2.75, 3.05) is 0 Å². The van der Waals surface area contributed by atoms with Gasteiger partial charge >= 0.3 is 12.2 Å². The van der Waals surface area contributed by atoms with Crippen LogP contribution in [0.4, 0.5) is 13.2 Å². The number of ether oxygens (including phenoxy) is 1. The van der Waals surface area contributed by atoms with Crippen LogP contribution >= 0.6 is 11.6 Å². The van der Waals surface area contributed by atoms with Gasteiger partial charge in [0, 0.05) is 12.4 Å². The van der Waals surface area contributed by atoms with Crippen molar-refractivity contribution in [3.8, 4) is 12.0 Å². The van der Waals surface area contributed by atoms with Crippen LogP contribution in [0.25, 0.3) is 5.95 Å². The number of alkyl halides is 3. The van der Waals surface area contributed by atoms with Gasteiger partial charge in [-0.2, -0.15) is 33.2 Å². The lowest BCUT2D eigenvalue weighted by molar-refractivity contribution is -0.190. The van der Waals surface area contributed by atoms with Crippen LogP contribution in [0, 0.1) is 0 Å². The molecule has 1 unspecified atom stereocenters. The third-order valence-electron chi connectivity index (χ3n) is 2.03. The van der Waals surface area contributed by atoms with Crippen molar-refractivity contribution < 1.29 is 17.9 Å². The Labute approximate surface area is 110 Å². The number of aromatic nitrogens is 5. The standard InChI is InChI=1S/C9H7ClF3N5O/c1-5(9(11,12)13)19-8-16-6(10)15-7(17-8)18-4-2-3-14-18/h2-5H,1H3. The molecule has 2 heterocycles. The monoisotopic (exact) mass is 293 g/mol. The van der Waals surface area contributed by atoms with E-state index in [0.717, 1.165) is 6.92 Å². The zero-order valence-corrected chi connectivity index (χ0v) is 10.2. The van der Waals surface area contributed by atoms with E-state index in [0.29, 0.717) is 0 Å². The Morgan fingerprint density at radius 3 is 2.63 bits per heavy atom. The second kappa shape index (κ2) is 5.00. The highest BCUT2D eigenvalue weighted by molar-refractivity contribution is 6.28. The molecule has 0 aliphatic heterocycles. The van der Waals surface area contributed by atoms with Crippen molar-refractivity contribution in [3.63, 3.8) is 0 Å². The summed E-state index contributed by atoms with van der Waals surface area (Å²) in [5.41, 5.74) is 0. The molecule has 0 N–H and O–H groups in total. The zero-order valence-electron chi connectivity index (χ0n) is 9.47. The minimum absolute atomic E-state index is 0.0330. The molecule has 19 heavy (non-hydrogen) atoms. The van der Waals surface area contributed by atoms with E-state index >= 15 is 0 Å². The fourth-order valence-corrected chi connectivity index (χ4v) is 1.24. The van der Waals surface area contributed by atoms with Gasteiger partial charge in [-0.05, 0) is 24.6 Å². The molecule has 0 amide bonds. The number of nitrogens with zero attached hydrogens (tertiary/aromatic N) is 5. The Bertz CT molecular complexity index is 559. The summed E-state index contributed by atoms with van der Waals surface area (Å²) in [6.07, 6.45) is -3.62. The molecule has 2 aromatic rings. The first-order valence-electron chi connectivity index (χ1n) is 5.01. The van der Waals surface area contributed by atoms with Gasteiger partial charge in [0.25, 0.3) is 5.95 Å². The van der Waals surface area contributed by atoms with Crippen molar-refractivity contribution in [1.82, 2.24) is 24.7 Å². The fourth-order valence-electron chi connectivity index (χ4n) is 1.09. The Kier molecular flexibility index (Phi) is 3.56. The van der Waals surface area contributed by atoms with Crippen LogP contribution in [-0.4, -0.2) is 37.0 Å². The van der Waals surface area contributed by atoms with Crippen LogP contribution in [0.1, 0.15) is 6.92 Å². The third kappa shape index (κ3) is 3.31. The van der Waals surface area contributed by atoms with Gasteiger partial charge in [-0.15, -0.1) is 0 Å². The van der Waals surface area contributed by atoms with Gasteiger partial charge in [-0.3, -0.25) is 0 Å². The van der Waals surface area contributed by atoms with Crippen LogP contribution in [0.2, 0.25) is 5.28 Å². The summed E-state index contributed by atoms with van der Waals surface area (Å²) in [6, 6.07) is 1.08. The largest absolute Gasteiger partial charge is 0.451 e. The quantitative estimate of drug-likeness (QED) is 0.866. The summed E-state index contributed by atoms with van der Waals surface area (Å²) in [4.78, 5) is 10.9. The average Bonchev–Trinajstić information content (AvgIpc) is 2.80. The zero-order chi connectivity index (χ0) is 14.0. The molecule has 102 valence electrons. The van der Waals surface area contributed by atoms with E-state index < -0.39 is 18.3 Å². The highest BCUT2D eigenvalue weighted by Gasteiger charge is 2.38. The van der Waals surface area contributed by atoms with Crippen molar-refractivity contribution in [2.24, 2.45) is 0 Å². The van der Waals surface area contributed by atoms with Crippen molar-refractivity contribution >= 4 is 11.6 Å². The lowest BCUT2D eigenvalue weighted by atomic mass is 10.4. The summed E-state index contributed by atoms with van der Waals surface area (Å²) in [7, 11) is 0. The maximum absolute atomic E-state index is 12.4. The van der Waals surface area contributed by atoms with Gasteiger partial charge in [-0.25, -0.2) is 4.68 Å². The van der Waals surface area contributed by atoms with E-state index in [2.05, 4.69) is 24.8 Å². The molecule has 2 rings (SSSR count). The first-order valence-corrected chi connectivity index (χ1v) is 5.39. The maximum atomic E-state index is 12.4. The first-order chi connectivity index (χ1) is 8.86. The van der Waals surface area contributed by atoms with Gasteiger partial charge in [0.15, 0.2) is 6.10 Å². The Morgan fingerprint density at radius 1 is 1.32 bits per heavy atom. The normalized spacial score (nSPS) is 13.3. The molecule has 0 fully saturated rings. The summed E-state index contributed by atoms with van der Waals surface area (Å²) in [5.74, 6) is -0.0330. The van der Waals surface area contributed by atoms with E-state index in [4.69, 9.17) is 11.6 Å². The molecular formula is C9H7ClF3N5O. The van der Waals surface area contributed by atoms with E-state index in [-0.39, 0.29) is 11.2 Å². The third-order valence-corrected chi connectivity index (χ3v) is 2.20. The van der Waals surface area contributed by atoms with Gasteiger partial charge in [0.2, 0.25) is 5.28 Å². The molecule has 0 saturated heterocycles. The highest BCUT2D eigenvalue weighted by atomic mass is 35.5. The average molecular weight is 294 g/mol. The molecule has 0 aromatic carbocycles. The predicted molar refractivity (Wildman–Crippen MR) is 58.1 cm³/mol. The molecule has 0 aliphatic carbocycles. The summed E-state index contributed by atoms with van der Waals surface area (Å²) >= 11 is 5.60. The van der Waals surface area contributed by atoms with E-state index in [9.17, 15) is 13.2 Å². The molecule has 6 nitrogen and oxygen atoms in total. The molecule has 10 heteroatoms. The van der Waals surface area contributed by atoms with Crippen LogP contribution in [0.3, 0.4) is 0 Å². The molecule has 0 saturated carbocycles. The molecule has 1 atom stereocenters. The van der Waals surface area contributed by atoms with Gasteiger partial charge in [0.1, 0.15) is 0 Å². The summed E-state index contributed by atoms with van der Waals surface area (Å²) in [6.45, 7) is 0.839. The molecule has 0 radical (unpaired) electrons. The van der Waals surface area contributed by atoms with Crippen LogP contribution in [0.15, 0.2) is 18.5 Å². The summed E-state index contributed by atoms with van der Waals surface area (Å²) in [5, 5.41) is 3.54. The van der Waals surface area contributed by atoms with E-state index in [1.807, 2.05) is 0 Å². The topological polar surface area (TPSA) is 65.7 Å². The number of halogens is 4. The Morgan fingerprint density at radius 2 is 2.05 bits per heavy atom. The molecular weight excluding hydrogens is 287 g/mol.